The average molecular weight is 489 g/mol. The van der Waals surface area contributed by atoms with Crippen LogP contribution >= 0.6 is 0 Å². The van der Waals surface area contributed by atoms with Gasteiger partial charge in [0.15, 0.2) is 5.79 Å². The summed E-state index contributed by atoms with van der Waals surface area (Å²) in [5, 5.41) is 11.7. The quantitative estimate of drug-likeness (QED) is 0.576. The minimum absolute atomic E-state index is 0.0324. The van der Waals surface area contributed by atoms with E-state index in [4.69, 9.17) is 14.2 Å². The Morgan fingerprint density at radius 1 is 1.09 bits per heavy atom. The molecule has 0 aromatic heterocycles. The van der Waals surface area contributed by atoms with Crippen molar-refractivity contribution in [3.63, 3.8) is 0 Å². The summed E-state index contributed by atoms with van der Waals surface area (Å²) in [5.74, 6) is 1.04. The summed E-state index contributed by atoms with van der Waals surface area (Å²) >= 11 is 0. The first-order valence-corrected chi connectivity index (χ1v) is 14.2. The van der Waals surface area contributed by atoms with E-state index in [2.05, 4.69) is 27.7 Å². The molecular formula is C29H44O6. The third-order valence-corrected chi connectivity index (χ3v) is 12.1. The molecule has 2 heterocycles. The Kier molecular flexibility index (Phi) is 5.57. The van der Waals surface area contributed by atoms with Gasteiger partial charge in [0.2, 0.25) is 0 Å². The first-order valence-electron chi connectivity index (χ1n) is 14.2. The fourth-order valence-corrected chi connectivity index (χ4v) is 10.3. The molecule has 4 aliphatic carbocycles. The van der Waals surface area contributed by atoms with E-state index in [-0.39, 0.29) is 41.5 Å². The van der Waals surface area contributed by atoms with Gasteiger partial charge < -0.3 is 19.3 Å². The Balaban J connectivity index is 1.25. The van der Waals surface area contributed by atoms with Crippen LogP contribution in [0.25, 0.3) is 0 Å². The van der Waals surface area contributed by atoms with Gasteiger partial charge >= 0.3 is 5.97 Å². The van der Waals surface area contributed by atoms with E-state index >= 15 is 0 Å². The maximum Gasteiger partial charge on any atom is 0.302 e. The monoisotopic (exact) mass is 488 g/mol. The number of hydrogen-bond acceptors (Lipinski definition) is 6. The number of carbonyl (C=O) groups excluding carboxylic acids is 2. The zero-order valence-corrected chi connectivity index (χ0v) is 22.1. The molecule has 0 amide bonds. The van der Waals surface area contributed by atoms with Gasteiger partial charge in [0.25, 0.3) is 0 Å². The van der Waals surface area contributed by atoms with Crippen LogP contribution in [0.2, 0.25) is 0 Å². The summed E-state index contributed by atoms with van der Waals surface area (Å²) in [6, 6.07) is 0. The lowest BCUT2D eigenvalue weighted by Gasteiger charge is -2.60. The first-order chi connectivity index (χ1) is 16.5. The van der Waals surface area contributed by atoms with Gasteiger partial charge in [-0.2, -0.15) is 0 Å². The zero-order valence-electron chi connectivity index (χ0n) is 22.1. The van der Waals surface area contributed by atoms with E-state index in [0.29, 0.717) is 48.4 Å². The molecule has 6 nitrogen and oxygen atoms in total. The lowest BCUT2D eigenvalue weighted by molar-refractivity contribution is -0.266. The van der Waals surface area contributed by atoms with Gasteiger partial charge in [-0.25, -0.2) is 0 Å². The smallest absolute Gasteiger partial charge is 0.302 e. The maximum atomic E-state index is 14.1. The topological polar surface area (TPSA) is 82.1 Å². The van der Waals surface area contributed by atoms with E-state index in [0.717, 1.165) is 44.9 Å². The molecule has 6 heteroatoms. The van der Waals surface area contributed by atoms with Crippen LogP contribution in [0, 0.1) is 52.3 Å². The van der Waals surface area contributed by atoms with Crippen molar-refractivity contribution in [3.05, 3.63) is 0 Å². The fourth-order valence-electron chi connectivity index (χ4n) is 10.3. The van der Waals surface area contributed by atoms with Crippen LogP contribution in [0.4, 0.5) is 0 Å². The Morgan fingerprint density at radius 2 is 1.86 bits per heavy atom. The highest BCUT2D eigenvalue weighted by atomic mass is 16.7. The lowest BCUT2D eigenvalue weighted by atomic mass is 9.44. The third-order valence-electron chi connectivity index (χ3n) is 12.1. The molecule has 2 saturated heterocycles. The second-order valence-electron chi connectivity index (χ2n) is 13.7. The van der Waals surface area contributed by atoms with Crippen molar-refractivity contribution < 1.29 is 28.9 Å². The second kappa shape index (κ2) is 8.01. The fraction of sp³-hybridized carbons (Fsp3) is 0.931. The first kappa shape index (κ1) is 24.4. The van der Waals surface area contributed by atoms with Gasteiger partial charge in [-0.15, -0.1) is 0 Å². The largest absolute Gasteiger partial charge is 0.463 e. The molecule has 0 aromatic carbocycles. The molecule has 13 atom stereocenters. The van der Waals surface area contributed by atoms with Crippen LogP contribution in [0.3, 0.4) is 0 Å². The van der Waals surface area contributed by atoms with Crippen molar-refractivity contribution >= 4 is 11.8 Å². The van der Waals surface area contributed by atoms with E-state index in [1.54, 1.807) is 0 Å². The molecule has 0 radical (unpaired) electrons. The summed E-state index contributed by atoms with van der Waals surface area (Å²) in [7, 11) is 0. The molecule has 0 unspecified atom stereocenters. The van der Waals surface area contributed by atoms with Gasteiger partial charge in [-0.05, 0) is 80.0 Å². The van der Waals surface area contributed by atoms with Crippen molar-refractivity contribution in [2.75, 3.05) is 6.61 Å². The molecule has 6 rings (SSSR count). The minimum atomic E-state index is -1.29. The van der Waals surface area contributed by atoms with Gasteiger partial charge in [0, 0.05) is 37.2 Å². The Bertz CT molecular complexity index is 904. The second-order valence-corrected chi connectivity index (χ2v) is 13.7. The summed E-state index contributed by atoms with van der Waals surface area (Å²) in [5.41, 5.74) is -0.298. The summed E-state index contributed by atoms with van der Waals surface area (Å²) in [6.07, 6.45) is 7.17. The number of esters is 1. The normalized spacial score (nSPS) is 57.3. The highest BCUT2D eigenvalue weighted by Gasteiger charge is 2.72. The molecule has 0 bridgehead atoms. The number of hydrogen-bond donors (Lipinski definition) is 1. The van der Waals surface area contributed by atoms with Crippen LogP contribution in [0.1, 0.15) is 86.0 Å². The van der Waals surface area contributed by atoms with E-state index in [1.165, 1.54) is 6.92 Å². The molecule has 1 N–H and O–H groups in total. The highest BCUT2D eigenvalue weighted by Crippen LogP contribution is 2.70. The number of carbonyl (C=O) groups is 2. The predicted molar refractivity (Wildman–Crippen MR) is 129 cm³/mol. The van der Waals surface area contributed by atoms with Gasteiger partial charge in [0.1, 0.15) is 18.0 Å². The van der Waals surface area contributed by atoms with Crippen LogP contribution in [-0.2, 0) is 23.8 Å². The highest BCUT2D eigenvalue weighted by molar-refractivity contribution is 5.87. The number of ketones is 1. The van der Waals surface area contributed by atoms with Crippen molar-refractivity contribution in [3.8, 4) is 0 Å². The molecule has 6 aliphatic rings. The molecule has 6 fully saturated rings. The molecule has 0 aromatic rings. The average Bonchev–Trinajstić information content (AvgIpc) is 3.43. The molecule has 0 spiro atoms. The maximum absolute atomic E-state index is 14.1. The predicted octanol–water partition coefficient (Wildman–Crippen LogP) is 4.51. The van der Waals surface area contributed by atoms with Crippen LogP contribution < -0.4 is 0 Å². The number of rotatable bonds is 2. The zero-order chi connectivity index (χ0) is 24.9. The van der Waals surface area contributed by atoms with E-state index in [1.807, 2.05) is 0 Å². The number of Topliss-reactive ketones (excluding diaryl/α,β-unsaturated/α-hetero) is 1. The minimum Gasteiger partial charge on any atom is -0.463 e. The molecular weight excluding hydrogens is 444 g/mol. The number of fused-ring (bicyclic) bond motifs is 7. The van der Waals surface area contributed by atoms with Crippen LogP contribution in [0.15, 0.2) is 0 Å². The van der Waals surface area contributed by atoms with Crippen molar-refractivity contribution in [1.29, 1.82) is 0 Å². The Morgan fingerprint density at radius 3 is 2.54 bits per heavy atom. The van der Waals surface area contributed by atoms with E-state index in [9.17, 15) is 14.7 Å². The summed E-state index contributed by atoms with van der Waals surface area (Å²) in [6.45, 7) is 11.0. The number of aliphatic hydroxyl groups is 1. The Labute approximate surface area is 209 Å². The van der Waals surface area contributed by atoms with Gasteiger partial charge in [-0.1, -0.05) is 27.7 Å². The summed E-state index contributed by atoms with van der Waals surface area (Å²) in [4.78, 5) is 25.7. The van der Waals surface area contributed by atoms with Gasteiger partial charge in [-0.3, -0.25) is 9.59 Å². The summed E-state index contributed by atoms with van der Waals surface area (Å²) < 4.78 is 18.1. The molecule has 2 aliphatic heterocycles. The molecule has 4 saturated carbocycles. The Hall–Kier alpha value is -0.980. The molecule has 35 heavy (non-hydrogen) atoms. The van der Waals surface area contributed by atoms with Crippen LogP contribution in [0.5, 0.6) is 0 Å². The third kappa shape index (κ3) is 3.31. The van der Waals surface area contributed by atoms with Gasteiger partial charge in [0.05, 0.1) is 6.10 Å². The van der Waals surface area contributed by atoms with Crippen molar-refractivity contribution in [2.45, 2.75) is 110 Å². The van der Waals surface area contributed by atoms with Crippen molar-refractivity contribution in [1.82, 2.24) is 0 Å². The number of ether oxygens (including phenoxy) is 3. The lowest BCUT2D eigenvalue weighted by Crippen LogP contribution is -2.58. The van der Waals surface area contributed by atoms with Crippen molar-refractivity contribution in [2.24, 2.45) is 52.3 Å². The van der Waals surface area contributed by atoms with Crippen LogP contribution in [-0.4, -0.2) is 47.6 Å². The SMILES string of the molecule is CC(=O)O[C@H]1CC[C@@]2(C)[C@@H](CC[C@@H]3[C@@H]2CC(=O)[C@]2(C)[C@@H]4[C@H](C[C@@H]32)O[C@](O)([C@H]2C[C@@H](C)CO2)[C@H]4C)C1. The standard InChI is InChI=1S/C29H44O6/c1-15-10-25(33-14-15)29(32)16(2)26-23(35-29)12-22-20-7-6-18-11-19(34-17(3)30)8-9-27(18,4)21(20)13-24(31)28(22,26)5/h15-16,18-23,25-26,32H,6-14H2,1-5H3/t15-,16+,18+,19+,20-,21+,22+,23+,25-,26+,27+,28-,29+/m1/s1. The molecule has 196 valence electrons. The van der Waals surface area contributed by atoms with E-state index < -0.39 is 11.2 Å².